The van der Waals surface area contributed by atoms with Crippen molar-refractivity contribution >= 4 is 23.4 Å². The van der Waals surface area contributed by atoms with E-state index in [4.69, 9.17) is 0 Å². The molecule has 26 heavy (non-hydrogen) atoms. The molecule has 0 aliphatic heterocycles. The van der Waals surface area contributed by atoms with Gasteiger partial charge in [0, 0.05) is 19.2 Å². The summed E-state index contributed by atoms with van der Waals surface area (Å²) in [6.45, 7) is 6.29. The molecule has 0 fully saturated rings. The standard InChI is InChI=1S/C20H30N4OS/c1-5-6-7-8-9-13-18-22-23-20(24(18)4)26-14-19(25)21-17-12-10-11-15(2)16(17)3/h10-12H,5-9,13-14H2,1-4H3,(H,21,25). The third kappa shape index (κ3) is 5.87. The Morgan fingerprint density at radius 2 is 1.92 bits per heavy atom. The predicted octanol–water partition coefficient (Wildman–Crippen LogP) is 4.68. The number of aromatic nitrogens is 3. The number of unbranched alkanes of at least 4 members (excludes halogenated alkanes) is 4. The minimum Gasteiger partial charge on any atom is -0.325 e. The number of carbonyl (C=O) groups is 1. The lowest BCUT2D eigenvalue weighted by molar-refractivity contribution is -0.113. The second-order valence-electron chi connectivity index (χ2n) is 6.71. The Hall–Kier alpha value is -1.82. The van der Waals surface area contributed by atoms with Gasteiger partial charge in [0.25, 0.3) is 0 Å². The topological polar surface area (TPSA) is 59.8 Å². The summed E-state index contributed by atoms with van der Waals surface area (Å²) in [5, 5.41) is 12.3. The number of benzene rings is 1. The van der Waals surface area contributed by atoms with Gasteiger partial charge in [0.15, 0.2) is 5.16 Å². The van der Waals surface area contributed by atoms with Crippen LogP contribution in [-0.2, 0) is 18.3 Å². The predicted molar refractivity (Wildman–Crippen MR) is 109 cm³/mol. The molecule has 0 unspecified atom stereocenters. The number of rotatable bonds is 10. The van der Waals surface area contributed by atoms with Gasteiger partial charge in [-0.15, -0.1) is 10.2 Å². The molecule has 2 aromatic rings. The van der Waals surface area contributed by atoms with E-state index in [0.29, 0.717) is 5.75 Å². The van der Waals surface area contributed by atoms with E-state index < -0.39 is 0 Å². The molecular weight excluding hydrogens is 344 g/mol. The summed E-state index contributed by atoms with van der Waals surface area (Å²) in [7, 11) is 1.98. The van der Waals surface area contributed by atoms with Crippen LogP contribution in [0.4, 0.5) is 5.69 Å². The summed E-state index contributed by atoms with van der Waals surface area (Å²) < 4.78 is 2.01. The summed E-state index contributed by atoms with van der Waals surface area (Å²) in [6, 6.07) is 5.94. The van der Waals surface area contributed by atoms with Crippen molar-refractivity contribution in [3.63, 3.8) is 0 Å². The van der Waals surface area contributed by atoms with Crippen LogP contribution < -0.4 is 5.32 Å². The molecule has 0 saturated heterocycles. The maximum Gasteiger partial charge on any atom is 0.234 e. The normalized spacial score (nSPS) is 10.9. The van der Waals surface area contributed by atoms with E-state index in [1.807, 2.05) is 43.7 Å². The zero-order valence-corrected chi connectivity index (χ0v) is 17.2. The lowest BCUT2D eigenvalue weighted by Gasteiger charge is -2.10. The van der Waals surface area contributed by atoms with Crippen LogP contribution in [0, 0.1) is 13.8 Å². The number of hydrogen-bond donors (Lipinski definition) is 1. The van der Waals surface area contributed by atoms with Crippen molar-refractivity contribution in [2.75, 3.05) is 11.1 Å². The third-order valence-corrected chi connectivity index (χ3v) is 5.66. The number of thioether (sulfide) groups is 1. The maximum absolute atomic E-state index is 12.3. The average molecular weight is 375 g/mol. The summed E-state index contributed by atoms with van der Waals surface area (Å²) in [5.41, 5.74) is 3.16. The van der Waals surface area contributed by atoms with Gasteiger partial charge < -0.3 is 9.88 Å². The van der Waals surface area contributed by atoms with Crippen molar-refractivity contribution < 1.29 is 4.79 Å². The summed E-state index contributed by atoms with van der Waals surface area (Å²) >= 11 is 1.43. The molecule has 0 atom stereocenters. The first-order valence-corrected chi connectivity index (χ1v) is 10.4. The van der Waals surface area contributed by atoms with Gasteiger partial charge in [-0.3, -0.25) is 4.79 Å². The Morgan fingerprint density at radius 1 is 1.15 bits per heavy atom. The lowest BCUT2D eigenvalue weighted by Crippen LogP contribution is -2.15. The minimum atomic E-state index is -0.0205. The van der Waals surface area contributed by atoms with Crippen molar-refractivity contribution in [3.05, 3.63) is 35.2 Å². The molecule has 6 heteroatoms. The summed E-state index contributed by atoms with van der Waals surface area (Å²) in [4.78, 5) is 12.3. The Balaban J connectivity index is 1.82. The molecule has 0 aliphatic carbocycles. The molecule has 1 amide bonds. The van der Waals surface area contributed by atoms with E-state index in [1.54, 1.807) is 0 Å². The summed E-state index contributed by atoms with van der Waals surface area (Å²) in [6.07, 6.45) is 7.17. The van der Waals surface area contributed by atoms with E-state index >= 15 is 0 Å². The molecule has 2 rings (SSSR count). The SMILES string of the molecule is CCCCCCCc1nnc(SCC(=O)Nc2cccc(C)c2C)n1C. The van der Waals surface area contributed by atoms with E-state index in [2.05, 4.69) is 22.4 Å². The van der Waals surface area contributed by atoms with Crippen molar-refractivity contribution in [1.82, 2.24) is 14.8 Å². The Morgan fingerprint density at radius 3 is 2.69 bits per heavy atom. The van der Waals surface area contributed by atoms with Crippen LogP contribution in [0.5, 0.6) is 0 Å². The quantitative estimate of drug-likeness (QED) is 0.485. The van der Waals surface area contributed by atoms with Gasteiger partial charge in [-0.1, -0.05) is 56.5 Å². The van der Waals surface area contributed by atoms with Crippen LogP contribution in [0.15, 0.2) is 23.4 Å². The number of carbonyl (C=O) groups excluding carboxylic acids is 1. The third-order valence-electron chi connectivity index (χ3n) is 4.64. The molecule has 142 valence electrons. The van der Waals surface area contributed by atoms with Crippen molar-refractivity contribution in [3.8, 4) is 0 Å². The van der Waals surface area contributed by atoms with Crippen LogP contribution in [0.2, 0.25) is 0 Å². The van der Waals surface area contributed by atoms with Gasteiger partial charge in [-0.25, -0.2) is 0 Å². The Bertz CT molecular complexity index is 727. The molecule has 1 aromatic carbocycles. The van der Waals surface area contributed by atoms with E-state index in [-0.39, 0.29) is 5.91 Å². The number of nitrogens with one attached hydrogen (secondary N) is 1. The molecule has 5 nitrogen and oxygen atoms in total. The highest BCUT2D eigenvalue weighted by atomic mass is 32.2. The molecule has 1 N–H and O–H groups in total. The first-order chi connectivity index (χ1) is 12.5. The highest BCUT2D eigenvalue weighted by molar-refractivity contribution is 7.99. The molecule has 0 bridgehead atoms. The first-order valence-electron chi connectivity index (χ1n) is 9.40. The van der Waals surface area contributed by atoms with Crippen molar-refractivity contribution in [2.24, 2.45) is 7.05 Å². The fraction of sp³-hybridized carbons (Fsp3) is 0.550. The molecular formula is C20H30N4OS. The van der Waals surface area contributed by atoms with E-state index in [1.165, 1.54) is 43.0 Å². The van der Waals surface area contributed by atoms with Crippen LogP contribution in [0.1, 0.15) is 56.0 Å². The zero-order valence-electron chi connectivity index (χ0n) is 16.3. The second-order valence-corrected chi connectivity index (χ2v) is 7.65. The fourth-order valence-corrected chi connectivity index (χ4v) is 3.51. The van der Waals surface area contributed by atoms with Crippen LogP contribution in [0.3, 0.4) is 0 Å². The zero-order chi connectivity index (χ0) is 18.9. The van der Waals surface area contributed by atoms with Gasteiger partial charge in [0.1, 0.15) is 5.82 Å². The number of nitrogens with zero attached hydrogens (tertiary/aromatic N) is 3. The fourth-order valence-electron chi connectivity index (χ4n) is 2.78. The molecule has 0 aliphatic rings. The van der Waals surface area contributed by atoms with E-state index in [0.717, 1.165) is 35.1 Å². The number of amides is 1. The highest BCUT2D eigenvalue weighted by Gasteiger charge is 2.12. The van der Waals surface area contributed by atoms with Gasteiger partial charge in [0.05, 0.1) is 5.75 Å². The number of aryl methyl sites for hydroxylation is 2. The Labute approximate surface area is 161 Å². The van der Waals surface area contributed by atoms with Gasteiger partial charge >= 0.3 is 0 Å². The van der Waals surface area contributed by atoms with Crippen molar-refractivity contribution in [1.29, 1.82) is 0 Å². The largest absolute Gasteiger partial charge is 0.325 e. The molecule has 0 radical (unpaired) electrons. The molecule has 1 heterocycles. The number of hydrogen-bond acceptors (Lipinski definition) is 4. The lowest BCUT2D eigenvalue weighted by atomic mass is 10.1. The second kappa shape index (κ2) is 10.4. The first kappa shape index (κ1) is 20.5. The minimum absolute atomic E-state index is 0.0205. The van der Waals surface area contributed by atoms with Gasteiger partial charge in [-0.05, 0) is 37.5 Å². The Kier molecular flexibility index (Phi) is 8.16. The van der Waals surface area contributed by atoms with Crippen LogP contribution >= 0.6 is 11.8 Å². The van der Waals surface area contributed by atoms with Crippen LogP contribution in [-0.4, -0.2) is 26.4 Å². The van der Waals surface area contributed by atoms with Crippen molar-refractivity contribution in [2.45, 2.75) is 64.5 Å². The molecule has 0 saturated carbocycles. The average Bonchev–Trinajstić information content (AvgIpc) is 2.97. The monoisotopic (exact) mass is 374 g/mol. The molecule has 0 spiro atoms. The van der Waals surface area contributed by atoms with Gasteiger partial charge in [0.2, 0.25) is 5.91 Å². The maximum atomic E-state index is 12.3. The van der Waals surface area contributed by atoms with E-state index in [9.17, 15) is 4.79 Å². The summed E-state index contributed by atoms with van der Waals surface area (Å²) in [5.74, 6) is 1.31. The van der Waals surface area contributed by atoms with Gasteiger partial charge in [-0.2, -0.15) is 0 Å². The smallest absolute Gasteiger partial charge is 0.234 e. The highest BCUT2D eigenvalue weighted by Crippen LogP contribution is 2.20. The number of anilines is 1. The molecule has 1 aromatic heterocycles. The van der Waals surface area contributed by atoms with Crippen LogP contribution in [0.25, 0.3) is 0 Å².